The minimum Gasteiger partial charge on any atom is -0.462 e. The van der Waals surface area contributed by atoms with Gasteiger partial charge in [0, 0.05) is 12.8 Å². The van der Waals surface area contributed by atoms with Gasteiger partial charge in [0.05, 0.1) is 27.7 Å². The van der Waals surface area contributed by atoms with E-state index in [9.17, 15) is 19.0 Å². The molecule has 0 saturated heterocycles. The van der Waals surface area contributed by atoms with Crippen LogP contribution in [0.2, 0.25) is 0 Å². The van der Waals surface area contributed by atoms with Crippen LogP contribution >= 0.6 is 7.82 Å². The van der Waals surface area contributed by atoms with Gasteiger partial charge in [-0.1, -0.05) is 367 Å². The lowest BCUT2D eigenvalue weighted by atomic mass is 10.0. The predicted octanol–water partition coefficient (Wildman–Crippen LogP) is 26.9. The standard InChI is InChI=1S/C86H152NO8P/c1-6-8-10-12-14-16-18-20-22-24-26-28-30-32-34-36-38-39-40-41-42-43-44-45-46-47-49-51-53-55-57-59-61-63-65-67-69-71-73-75-77-79-86(89)95-84(83-94-96(90,91)93-81-80-87(3,4)5)82-92-85(88)78-76-74-72-70-68-66-64-62-60-58-56-54-52-50-48-37-35-33-31-29-27-25-23-21-19-17-15-13-11-9-7-2/h8-11,14-17,20-23,26-29,32-35,84H,6-7,12-13,18-19,24-25,30-31,36-83H2,1-5H3/p+1/b10-8-,11-9-,16-14-,17-15-,22-20-,23-21-,28-26-,29-27-,34-32-,35-33-. The van der Waals surface area contributed by atoms with Gasteiger partial charge < -0.3 is 18.9 Å². The molecule has 0 fully saturated rings. The Labute approximate surface area is 594 Å². The lowest BCUT2D eigenvalue weighted by Gasteiger charge is -2.24. The van der Waals surface area contributed by atoms with Crippen molar-refractivity contribution in [1.29, 1.82) is 0 Å². The summed E-state index contributed by atoms with van der Waals surface area (Å²) in [6.07, 6.45) is 109. The van der Waals surface area contributed by atoms with Gasteiger partial charge in [0.2, 0.25) is 0 Å². The Kier molecular flexibility index (Phi) is 72.8. The third kappa shape index (κ3) is 79.4. The Morgan fingerprint density at radius 1 is 0.323 bits per heavy atom. The fourth-order valence-electron chi connectivity index (χ4n) is 11.4. The molecule has 0 aromatic carbocycles. The second-order valence-corrected chi connectivity index (χ2v) is 29.5. The zero-order valence-corrected chi connectivity index (χ0v) is 64.2. The fourth-order valence-corrected chi connectivity index (χ4v) is 12.2. The van der Waals surface area contributed by atoms with Crippen molar-refractivity contribution < 1.29 is 42.1 Å². The topological polar surface area (TPSA) is 108 Å². The highest BCUT2D eigenvalue weighted by atomic mass is 31.2. The third-order valence-corrected chi connectivity index (χ3v) is 18.5. The van der Waals surface area contributed by atoms with Crippen molar-refractivity contribution in [3.63, 3.8) is 0 Å². The number of ether oxygens (including phenoxy) is 2. The molecular formula is C86H153NO8P+. The highest BCUT2D eigenvalue weighted by Crippen LogP contribution is 2.43. The number of hydrogen-bond donors (Lipinski definition) is 1. The smallest absolute Gasteiger partial charge is 0.462 e. The summed E-state index contributed by atoms with van der Waals surface area (Å²) >= 11 is 0. The molecule has 0 aromatic heterocycles. The summed E-state index contributed by atoms with van der Waals surface area (Å²) in [5.74, 6) is -0.784. The molecule has 0 spiro atoms. The molecule has 2 atom stereocenters. The molecule has 0 aliphatic carbocycles. The van der Waals surface area contributed by atoms with E-state index in [4.69, 9.17) is 18.5 Å². The van der Waals surface area contributed by atoms with Crippen LogP contribution < -0.4 is 0 Å². The van der Waals surface area contributed by atoms with Gasteiger partial charge in [-0.15, -0.1) is 0 Å². The first-order chi connectivity index (χ1) is 47.0. The number of allylic oxidation sites excluding steroid dienone is 20. The first-order valence-electron chi connectivity index (χ1n) is 40.3. The quantitative estimate of drug-likeness (QED) is 0.0211. The van der Waals surface area contributed by atoms with Gasteiger partial charge in [-0.05, 0) is 103 Å². The van der Waals surface area contributed by atoms with Crippen LogP contribution in [0, 0.1) is 0 Å². The molecule has 554 valence electrons. The van der Waals surface area contributed by atoms with Crippen molar-refractivity contribution in [3.05, 3.63) is 122 Å². The van der Waals surface area contributed by atoms with E-state index < -0.39 is 26.5 Å². The number of esters is 2. The van der Waals surface area contributed by atoms with Gasteiger partial charge in [-0.25, -0.2) is 4.57 Å². The van der Waals surface area contributed by atoms with Crippen molar-refractivity contribution in [2.24, 2.45) is 0 Å². The minimum atomic E-state index is -4.40. The van der Waals surface area contributed by atoms with Gasteiger partial charge in [0.1, 0.15) is 19.8 Å². The zero-order valence-electron chi connectivity index (χ0n) is 63.3. The maximum Gasteiger partial charge on any atom is 0.472 e. The first kappa shape index (κ1) is 92.4. The largest absolute Gasteiger partial charge is 0.472 e. The van der Waals surface area contributed by atoms with Crippen LogP contribution in [0.5, 0.6) is 0 Å². The second-order valence-electron chi connectivity index (χ2n) is 28.0. The van der Waals surface area contributed by atoms with Gasteiger partial charge in [-0.2, -0.15) is 0 Å². The number of carbonyl (C=O) groups excluding carboxylic acids is 2. The molecule has 0 aliphatic heterocycles. The van der Waals surface area contributed by atoms with Crippen LogP contribution in [0.4, 0.5) is 0 Å². The number of phosphoric ester groups is 1. The van der Waals surface area contributed by atoms with Crippen molar-refractivity contribution in [3.8, 4) is 0 Å². The monoisotopic (exact) mass is 1360 g/mol. The Balaban J connectivity index is 3.92. The number of hydrogen-bond acceptors (Lipinski definition) is 7. The van der Waals surface area contributed by atoms with Crippen molar-refractivity contribution in [2.75, 3.05) is 47.5 Å². The predicted molar refractivity (Wildman–Crippen MR) is 418 cm³/mol. The number of carbonyl (C=O) groups is 2. The molecule has 1 N–H and O–H groups in total. The minimum absolute atomic E-state index is 0.0304. The van der Waals surface area contributed by atoms with E-state index in [-0.39, 0.29) is 32.0 Å². The van der Waals surface area contributed by atoms with E-state index in [0.29, 0.717) is 17.4 Å². The number of rotatable bonds is 74. The van der Waals surface area contributed by atoms with Crippen molar-refractivity contribution in [2.45, 2.75) is 367 Å². The SMILES string of the molecule is CC/C=C\C/C=C\C/C=C\C/C=C\C/C=C\CCCCCCCCCCCCCCCCCCCCCCCCCCCC(=O)OC(COC(=O)CCCCCCCCCCCCCCCCC/C=C\C/C=C\C/C=C\C/C=C\C/C=C\CC)COP(=O)(O)OCC[N+](C)(C)C. The lowest BCUT2D eigenvalue weighted by molar-refractivity contribution is -0.870. The fraction of sp³-hybridized carbons (Fsp3) is 0.744. The van der Waals surface area contributed by atoms with E-state index in [1.165, 1.54) is 231 Å². The highest BCUT2D eigenvalue weighted by molar-refractivity contribution is 7.47. The molecule has 10 heteroatoms. The van der Waals surface area contributed by atoms with Crippen molar-refractivity contribution >= 4 is 19.8 Å². The number of quaternary nitrogens is 1. The number of likely N-dealkylation sites (N-methyl/N-ethyl adjacent to an activating group) is 1. The average molecular weight is 1360 g/mol. The van der Waals surface area contributed by atoms with Crippen LogP contribution in [-0.4, -0.2) is 74.9 Å². The molecule has 0 heterocycles. The van der Waals surface area contributed by atoms with Gasteiger partial charge >= 0.3 is 19.8 Å². The van der Waals surface area contributed by atoms with Crippen LogP contribution in [-0.2, 0) is 32.7 Å². The molecule has 0 saturated carbocycles. The van der Waals surface area contributed by atoms with E-state index in [0.717, 1.165) is 96.3 Å². The van der Waals surface area contributed by atoms with Gasteiger partial charge in [0.15, 0.2) is 6.10 Å². The molecule has 0 amide bonds. The normalized spacial score (nSPS) is 13.7. The average Bonchev–Trinajstić information content (AvgIpc) is 2.54. The Bertz CT molecular complexity index is 2040. The van der Waals surface area contributed by atoms with Crippen LogP contribution in [0.1, 0.15) is 361 Å². The summed E-state index contributed by atoms with van der Waals surface area (Å²) in [5, 5.41) is 0. The molecule has 9 nitrogen and oxygen atoms in total. The van der Waals surface area contributed by atoms with E-state index in [2.05, 4.69) is 135 Å². The third-order valence-electron chi connectivity index (χ3n) is 17.5. The lowest BCUT2D eigenvalue weighted by Crippen LogP contribution is -2.37. The molecular weight excluding hydrogens is 1210 g/mol. The van der Waals surface area contributed by atoms with Crippen LogP contribution in [0.15, 0.2) is 122 Å². The number of phosphoric acid groups is 1. The molecule has 0 radical (unpaired) electrons. The Hall–Kier alpha value is -3.59. The summed E-state index contributed by atoms with van der Waals surface area (Å²) in [5.41, 5.74) is 0. The molecule has 2 unspecified atom stereocenters. The molecule has 96 heavy (non-hydrogen) atoms. The maximum absolute atomic E-state index is 12.9. The van der Waals surface area contributed by atoms with Gasteiger partial charge in [-0.3, -0.25) is 18.6 Å². The summed E-state index contributed by atoms with van der Waals surface area (Å²) < 4.78 is 34.8. The first-order valence-corrected chi connectivity index (χ1v) is 41.8. The summed E-state index contributed by atoms with van der Waals surface area (Å²) in [4.78, 5) is 36.0. The van der Waals surface area contributed by atoms with Crippen LogP contribution in [0.3, 0.4) is 0 Å². The second kappa shape index (κ2) is 75.6. The molecule has 0 aromatic rings. The van der Waals surface area contributed by atoms with E-state index >= 15 is 0 Å². The molecule has 0 bridgehead atoms. The van der Waals surface area contributed by atoms with Crippen molar-refractivity contribution in [1.82, 2.24) is 0 Å². The van der Waals surface area contributed by atoms with E-state index in [1.807, 2.05) is 21.1 Å². The number of nitrogens with zero attached hydrogens (tertiary/aromatic N) is 1. The Morgan fingerprint density at radius 3 is 0.833 bits per heavy atom. The van der Waals surface area contributed by atoms with Gasteiger partial charge in [0.25, 0.3) is 0 Å². The molecule has 0 aliphatic rings. The van der Waals surface area contributed by atoms with E-state index in [1.54, 1.807) is 0 Å². The zero-order chi connectivity index (χ0) is 69.7. The summed E-state index contributed by atoms with van der Waals surface area (Å²) in [6.45, 7) is 4.25. The number of unbranched alkanes of at least 4 members (excludes halogenated alkanes) is 40. The summed E-state index contributed by atoms with van der Waals surface area (Å²) in [6, 6.07) is 0. The molecule has 0 rings (SSSR count). The van der Waals surface area contributed by atoms with Crippen LogP contribution in [0.25, 0.3) is 0 Å². The Morgan fingerprint density at radius 2 is 0.562 bits per heavy atom. The highest BCUT2D eigenvalue weighted by Gasteiger charge is 2.27. The maximum atomic E-state index is 12.9. The summed E-state index contributed by atoms with van der Waals surface area (Å²) in [7, 11) is 1.49.